The summed E-state index contributed by atoms with van der Waals surface area (Å²) in [7, 11) is 0. The number of rotatable bonds is 5. The van der Waals surface area contributed by atoms with Crippen LogP contribution in [0.4, 0.5) is 0 Å². The molecule has 0 bridgehead atoms. The van der Waals surface area contributed by atoms with Crippen molar-refractivity contribution in [2.75, 3.05) is 13.1 Å². The first-order valence-electron chi connectivity index (χ1n) is 6.76. The molecule has 1 aliphatic rings. The van der Waals surface area contributed by atoms with Crippen LogP contribution in [0.3, 0.4) is 0 Å². The van der Waals surface area contributed by atoms with Crippen molar-refractivity contribution in [3.63, 3.8) is 0 Å². The molecule has 0 aromatic carbocycles. The van der Waals surface area contributed by atoms with E-state index < -0.39 is 5.60 Å². The summed E-state index contributed by atoms with van der Waals surface area (Å²) in [6.07, 6.45) is 5.40. The van der Waals surface area contributed by atoms with Crippen molar-refractivity contribution in [3.05, 3.63) is 0 Å². The van der Waals surface area contributed by atoms with E-state index in [0.29, 0.717) is 5.41 Å². The molecule has 0 unspecified atom stereocenters. The fourth-order valence-electron chi connectivity index (χ4n) is 2.28. The Morgan fingerprint density at radius 1 is 1.12 bits per heavy atom. The van der Waals surface area contributed by atoms with Crippen LogP contribution in [0, 0.1) is 11.3 Å². The zero-order valence-corrected chi connectivity index (χ0v) is 11.5. The van der Waals surface area contributed by atoms with Gasteiger partial charge in [-0.25, -0.2) is 0 Å². The minimum Gasteiger partial charge on any atom is -0.389 e. The van der Waals surface area contributed by atoms with Gasteiger partial charge in [0.05, 0.1) is 5.60 Å². The Kier molecular flexibility index (Phi) is 4.81. The Morgan fingerprint density at radius 2 is 1.69 bits per heavy atom. The molecule has 0 aromatic heterocycles. The summed E-state index contributed by atoms with van der Waals surface area (Å²) in [5.41, 5.74) is -0.00331. The summed E-state index contributed by atoms with van der Waals surface area (Å²) in [5, 5.41) is 13.8. The third kappa shape index (κ3) is 4.84. The SMILES string of the molecule is CC(C)CCNCC1(O)CCC(C)(C)CC1. The van der Waals surface area contributed by atoms with Crippen molar-refractivity contribution in [2.45, 2.75) is 65.4 Å². The lowest BCUT2D eigenvalue weighted by Crippen LogP contribution is -2.45. The summed E-state index contributed by atoms with van der Waals surface area (Å²) in [4.78, 5) is 0. The molecule has 0 aliphatic heterocycles. The largest absolute Gasteiger partial charge is 0.389 e. The lowest BCUT2D eigenvalue weighted by atomic mass is 9.71. The van der Waals surface area contributed by atoms with Crippen LogP contribution in [0.5, 0.6) is 0 Å². The smallest absolute Gasteiger partial charge is 0.0772 e. The minimum atomic E-state index is -0.438. The molecule has 0 saturated heterocycles. The molecule has 2 nitrogen and oxygen atoms in total. The lowest BCUT2D eigenvalue weighted by molar-refractivity contribution is -0.0242. The summed E-state index contributed by atoms with van der Waals surface area (Å²) in [5.74, 6) is 0.743. The predicted octanol–water partition coefficient (Wildman–Crippen LogP) is 2.95. The van der Waals surface area contributed by atoms with Crippen molar-refractivity contribution in [1.29, 1.82) is 0 Å². The number of hydrogen-bond donors (Lipinski definition) is 2. The van der Waals surface area contributed by atoms with E-state index in [1.807, 2.05) is 0 Å². The first-order valence-corrected chi connectivity index (χ1v) is 6.76. The monoisotopic (exact) mass is 227 g/mol. The maximum Gasteiger partial charge on any atom is 0.0772 e. The summed E-state index contributed by atoms with van der Waals surface area (Å²) in [6.45, 7) is 10.9. The second-order valence-electron chi connectivity index (χ2n) is 6.75. The first-order chi connectivity index (χ1) is 7.33. The van der Waals surface area contributed by atoms with E-state index in [1.54, 1.807) is 0 Å². The molecule has 1 rings (SSSR count). The highest BCUT2D eigenvalue weighted by molar-refractivity contribution is 4.90. The molecule has 0 aromatic rings. The molecular formula is C14H29NO. The Morgan fingerprint density at radius 3 is 2.19 bits per heavy atom. The molecule has 2 heteroatoms. The van der Waals surface area contributed by atoms with Crippen LogP contribution in [-0.4, -0.2) is 23.8 Å². The van der Waals surface area contributed by atoms with E-state index in [9.17, 15) is 5.11 Å². The highest BCUT2D eigenvalue weighted by Gasteiger charge is 2.36. The fraction of sp³-hybridized carbons (Fsp3) is 1.00. The molecule has 2 N–H and O–H groups in total. The quantitative estimate of drug-likeness (QED) is 0.708. The molecule has 0 amide bonds. The molecule has 0 heterocycles. The summed E-state index contributed by atoms with van der Waals surface area (Å²) < 4.78 is 0. The Hall–Kier alpha value is -0.0800. The van der Waals surface area contributed by atoms with Crippen molar-refractivity contribution < 1.29 is 5.11 Å². The van der Waals surface area contributed by atoms with Crippen LogP contribution in [0.15, 0.2) is 0 Å². The topological polar surface area (TPSA) is 32.3 Å². The molecule has 1 aliphatic carbocycles. The summed E-state index contributed by atoms with van der Waals surface area (Å²) >= 11 is 0. The van der Waals surface area contributed by atoms with Crippen LogP contribution in [-0.2, 0) is 0 Å². The zero-order valence-electron chi connectivity index (χ0n) is 11.5. The van der Waals surface area contributed by atoms with Crippen LogP contribution in [0.25, 0.3) is 0 Å². The van der Waals surface area contributed by atoms with Crippen molar-refractivity contribution in [1.82, 2.24) is 5.32 Å². The predicted molar refractivity (Wildman–Crippen MR) is 69.5 cm³/mol. The van der Waals surface area contributed by atoms with Gasteiger partial charge < -0.3 is 10.4 Å². The van der Waals surface area contributed by atoms with Gasteiger partial charge in [-0.05, 0) is 50.0 Å². The van der Waals surface area contributed by atoms with Gasteiger partial charge in [0.1, 0.15) is 0 Å². The number of nitrogens with one attached hydrogen (secondary N) is 1. The van der Waals surface area contributed by atoms with Crippen LogP contribution < -0.4 is 5.32 Å². The third-order valence-corrected chi connectivity index (χ3v) is 3.89. The van der Waals surface area contributed by atoms with Gasteiger partial charge in [-0.3, -0.25) is 0 Å². The average molecular weight is 227 g/mol. The van der Waals surface area contributed by atoms with Crippen molar-refractivity contribution in [3.8, 4) is 0 Å². The molecular weight excluding hydrogens is 198 g/mol. The normalized spacial score (nSPS) is 23.6. The number of hydrogen-bond acceptors (Lipinski definition) is 2. The molecule has 0 spiro atoms. The number of aliphatic hydroxyl groups is 1. The van der Waals surface area contributed by atoms with Gasteiger partial charge in [-0.15, -0.1) is 0 Å². The van der Waals surface area contributed by atoms with Gasteiger partial charge in [-0.1, -0.05) is 27.7 Å². The van der Waals surface area contributed by atoms with Crippen LogP contribution in [0.1, 0.15) is 59.8 Å². The molecule has 0 radical (unpaired) electrons. The Labute approximate surface area is 101 Å². The molecule has 1 saturated carbocycles. The van der Waals surface area contributed by atoms with E-state index >= 15 is 0 Å². The lowest BCUT2D eigenvalue weighted by Gasteiger charge is -2.40. The van der Waals surface area contributed by atoms with E-state index in [1.165, 1.54) is 6.42 Å². The van der Waals surface area contributed by atoms with E-state index in [2.05, 4.69) is 33.0 Å². The van der Waals surface area contributed by atoms with Gasteiger partial charge in [-0.2, -0.15) is 0 Å². The third-order valence-electron chi connectivity index (χ3n) is 3.89. The van der Waals surface area contributed by atoms with Gasteiger partial charge in [0.25, 0.3) is 0 Å². The molecule has 96 valence electrons. The van der Waals surface area contributed by atoms with Crippen LogP contribution >= 0.6 is 0 Å². The Bertz CT molecular complexity index is 201. The van der Waals surface area contributed by atoms with E-state index in [-0.39, 0.29) is 0 Å². The van der Waals surface area contributed by atoms with Crippen molar-refractivity contribution in [2.24, 2.45) is 11.3 Å². The van der Waals surface area contributed by atoms with Gasteiger partial charge >= 0.3 is 0 Å². The fourth-order valence-corrected chi connectivity index (χ4v) is 2.28. The standard InChI is InChI=1S/C14H29NO/c1-12(2)5-10-15-11-14(16)8-6-13(3,4)7-9-14/h12,15-16H,5-11H2,1-4H3. The summed E-state index contributed by atoms with van der Waals surface area (Å²) in [6, 6.07) is 0. The first kappa shape index (κ1) is 14.0. The van der Waals surface area contributed by atoms with Gasteiger partial charge in [0, 0.05) is 6.54 Å². The second-order valence-corrected chi connectivity index (χ2v) is 6.75. The molecule has 1 fully saturated rings. The maximum absolute atomic E-state index is 10.4. The van der Waals surface area contributed by atoms with Gasteiger partial charge in [0.15, 0.2) is 0 Å². The van der Waals surface area contributed by atoms with Crippen LogP contribution in [0.2, 0.25) is 0 Å². The minimum absolute atomic E-state index is 0.435. The highest BCUT2D eigenvalue weighted by Crippen LogP contribution is 2.39. The Balaban J connectivity index is 2.21. The maximum atomic E-state index is 10.4. The molecule has 0 atom stereocenters. The average Bonchev–Trinajstić information content (AvgIpc) is 2.18. The van der Waals surface area contributed by atoms with Crippen molar-refractivity contribution >= 4 is 0 Å². The highest BCUT2D eigenvalue weighted by atomic mass is 16.3. The van der Waals surface area contributed by atoms with E-state index in [0.717, 1.165) is 44.7 Å². The van der Waals surface area contributed by atoms with Gasteiger partial charge in [0.2, 0.25) is 0 Å². The molecule has 16 heavy (non-hydrogen) atoms. The zero-order chi connectivity index (χ0) is 12.2. The second kappa shape index (κ2) is 5.50. The van der Waals surface area contributed by atoms with E-state index in [4.69, 9.17) is 0 Å².